The average molecular weight is 220 g/mol. The summed E-state index contributed by atoms with van der Waals surface area (Å²) < 4.78 is 0. The van der Waals surface area contributed by atoms with Crippen LogP contribution in [0, 0.1) is 0 Å². The first kappa shape index (κ1) is 11.0. The SMILES string of the molecule is CC1CNCCN1c1ccc(C=O)c(O)c1. The zero-order valence-electron chi connectivity index (χ0n) is 9.31. The quantitative estimate of drug-likeness (QED) is 0.730. The Balaban J connectivity index is 2.26. The summed E-state index contributed by atoms with van der Waals surface area (Å²) in [5.41, 5.74) is 1.31. The lowest BCUT2D eigenvalue weighted by Crippen LogP contribution is -2.49. The normalized spacial score (nSPS) is 20.8. The summed E-state index contributed by atoms with van der Waals surface area (Å²) in [6.07, 6.45) is 0.667. The molecule has 4 heteroatoms. The topological polar surface area (TPSA) is 52.6 Å². The third-order valence-corrected chi connectivity index (χ3v) is 2.97. The molecule has 1 heterocycles. The number of anilines is 1. The lowest BCUT2D eigenvalue weighted by atomic mass is 10.1. The summed E-state index contributed by atoms with van der Waals surface area (Å²) in [6, 6.07) is 5.60. The smallest absolute Gasteiger partial charge is 0.153 e. The van der Waals surface area contributed by atoms with Crippen LogP contribution in [0.1, 0.15) is 17.3 Å². The predicted molar refractivity (Wildman–Crippen MR) is 63.2 cm³/mol. The molecule has 0 amide bonds. The maximum Gasteiger partial charge on any atom is 0.153 e. The molecule has 2 rings (SSSR count). The van der Waals surface area contributed by atoms with Crippen LogP contribution >= 0.6 is 0 Å². The molecular weight excluding hydrogens is 204 g/mol. The minimum Gasteiger partial charge on any atom is -0.507 e. The third kappa shape index (κ3) is 2.02. The van der Waals surface area contributed by atoms with Crippen molar-refractivity contribution in [2.75, 3.05) is 24.5 Å². The second kappa shape index (κ2) is 4.53. The van der Waals surface area contributed by atoms with Crippen LogP contribution in [0.3, 0.4) is 0 Å². The van der Waals surface area contributed by atoms with E-state index in [-0.39, 0.29) is 5.75 Å². The van der Waals surface area contributed by atoms with Gasteiger partial charge in [0.05, 0.1) is 5.56 Å². The number of piperazine rings is 1. The highest BCUT2D eigenvalue weighted by atomic mass is 16.3. The van der Waals surface area contributed by atoms with Gasteiger partial charge in [-0.15, -0.1) is 0 Å². The van der Waals surface area contributed by atoms with Crippen molar-refractivity contribution < 1.29 is 9.90 Å². The number of aldehydes is 1. The Morgan fingerprint density at radius 3 is 3.00 bits per heavy atom. The number of carbonyl (C=O) groups is 1. The van der Waals surface area contributed by atoms with Crippen molar-refractivity contribution in [1.29, 1.82) is 0 Å². The fraction of sp³-hybridized carbons (Fsp3) is 0.417. The Kier molecular flexibility index (Phi) is 3.10. The number of hydrogen-bond donors (Lipinski definition) is 2. The van der Waals surface area contributed by atoms with E-state index in [1.54, 1.807) is 12.1 Å². The van der Waals surface area contributed by atoms with Crippen molar-refractivity contribution in [2.45, 2.75) is 13.0 Å². The molecule has 4 nitrogen and oxygen atoms in total. The number of phenolic OH excluding ortho intramolecular Hbond substituents is 1. The van der Waals surface area contributed by atoms with Crippen LogP contribution < -0.4 is 10.2 Å². The molecule has 2 N–H and O–H groups in total. The molecule has 86 valence electrons. The van der Waals surface area contributed by atoms with Gasteiger partial charge < -0.3 is 15.3 Å². The number of rotatable bonds is 2. The molecule has 0 radical (unpaired) electrons. The molecule has 0 saturated carbocycles. The zero-order valence-corrected chi connectivity index (χ0v) is 9.31. The van der Waals surface area contributed by atoms with E-state index in [0.717, 1.165) is 25.3 Å². The molecule has 1 aromatic carbocycles. The van der Waals surface area contributed by atoms with Crippen molar-refractivity contribution >= 4 is 12.0 Å². The van der Waals surface area contributed by atoms with Crippen LogP contribution in [0.4, 0.5) is 5.69 Å². The molecule has 0 aliphatic carbocycles. The fourth-order valence-corrected chi connectivity index (χ4v) is 2.03. The van der Waals surface area contributed by atoms with Crippen LogP contribution in [0.25, 0.3) is 0 Å². The second-order valence-corrected chi connectivity index (χ2v) is 4.11. The molecule has 1 atom stereocenters. The molecule has 1 fully saturated rings. The highest BCUT2D eigenvalue weighted by Gasteiger charge is 2.18. The molecule has 0 aromatic heterocycles. The fourth-order valence-electron chi connectivity index (χ4n) is 2.03. The number of nitrogens with zero attached hydrogens (tertiary/aromatic N) is 1. The molecule has 1 aliphatic heterocycles. The van der Waals surface area contributed by atoms with E-state index < -0.39 is 0 Å². The van der Waals surface area contributed by atoms with Gasteiger partial charge in [-0.3, -0.25) is 4.79 Å². The number of phenols is 1. The summed E-state index contributed by atoms with van der Waals surface area (Å²) in [7, 11) is 0. The second-order valence-electron chi connectivity index (χ2n) is 4.11. The van der Waals surface area contributed by atoms with Crippen LogP contribution in [0.5, 0.6) is 5.75 Å². The first-order chi connectivity index (χ1) is 7.72. The Bertz CT molecular complexity index is 393. The highest BCUT2D eigenvalue weighted by molar-refractivity contribution is 5.80. The van der Waals surface area contributed by atoms with Crippen molar-refractivity contribution in [3.05, 3.63) is 23.8 Å². The molecule has 1 aliphatic rings. The Hall–Kier alpha value is -1.55. The van der Waals surface area contributed by atoms with Crippen LogP contribution in [-0.2, 0) is 0 Å². The molecule has 0 bridgehead atoms. The van der Waals surface area contributed by atoms with Crippen molar-refractivity contribution in [2.24, 2.45) is 0 Å². The van der Waals surface area contributed by atoms with Gasteiger partial charge in [-0.1, -0.05) is 0 Å². The lowest BCUT2D eigenvalue weighted by molar-refractivity contribution is 0.112. The van der Waals surface area contributed by atoms with Gasteiger partial charge in [0.15, 0.2) is 6.29 Å². The van der Waals surface area contributed by atoms with Gasteiger partial charge in [0.25, 0.3) is 0 Å². The Morgan fingerprint density at radius 1 is 1.56 bits per heavy atom. The molecular formula is C12H16N2O2. The third-order valence-electron chi connectivity index (χ3n) is 2.97. The van der Waals surface area contributed by atoms with Gasteiger partial charge in [0.1, 0.15) is 5.75 Å². The van der Waals surface area contributed by atoms with E-state index in [9.17, 15) is 9.90 Å². The maximum absolute atomic E-state index is 10.6. The van der Waals surface area contributed by atoms with Crippen molar-refractivity contribution in [3.8, 4) is 5.75 Å². The molecule has 16 heavy (non-hydrogen) atoms. The summed E-state index contributed by atoms with van der Waals surface area (Å²) in [5.74, 6) is 0.0539. The monoisotopic (exact) mass is 220 g/mol. The number of carbonyl (C=O) groups excluding carboxylic acids is 1. The first-order valence-electron chi connectivity index (χ1n) is 5.48. The van der Waals surface area contributed by atoms with Crippen molar-refractivity contribution in [1.82, 2.24) is 5.32 Å². The average Bonchev–Trinajstić information content (AvgIpc) is 2.29. The van der Waals surface area contributed by atoms with Gasteiger partial charge in [-0.25, -0.2) is 0 Å². The van der Waals surface area contributed by atoms with Crippen LogP contribution in [0.2, 0.25) is 0 Å². The van der Waals surface area contributed by atoms with E-state index >= 15 is 0 Å². The zero-order chi connectivity index (χ0) is 11.5. The van der Waals surface area contributed by atoms with Gasteiger partial charge in [-0.2, -0.15) is 0 Å². The summed E-state index contributed by atoms with van der Waals surface area (Å²) >= 11 is 0. The number of hydrogen-bond acceptors (Lipinski definition) is 4. The van der Waals surface area contributed by atoms with E-state index in [1.165, 1.54) is 0 Å². The highest BCUT2D eigenvalue weighted by Crippen LogP contribution is 2.25. The largest absolute Gasteiger partial charge is 0.507 e. The van der Waals surface area contributed by atoms with Crippen LogP contribution in [-0.4, -0.2) is 37.1 Å². The summed E-state index contributed by atoms with van der Waals surface area (Å²) in [6.45, 7) is 4.94. The minimum absolute atomic E-state index is 0.0539. The molecule has 1 saturated heterocycles. The predicted octanol–water partition coefficient (Wildman–Crippen LogP) is 1.00. The minimum atomic E-state index is 0.0539. The lowest BCUT2D eigenvalue weighted by Gasteiger charge is -2.36. The molecule has 1 aromatic rings. The summed E-state index contributed by atoms with van der Waals surface area (Å²) in [4.78, 5) is 12.8. The molecule has 1 unspecified atom stereocenters. The number of benzene rings is 1. The van der Waals surface area contributed by atoms with Gasteiger partial charge in [-0.05, 0) is 19.1 Å². The van der Waals surface area contributed by atoms with Crippen molar-refractivity contribution in [3.63, 3.8) is 0 Å². The maximum atomic E-state index is 10.6. The standard InChI is InChI=1S/C12H16N2O2/c1-9-7-13-4-5-14(9)11-3-2-10(8-15)12(16)6-11/h2-3,6,8-9,13,16H,4-5,7H2,1H3. The van der Waals surface area contributed by atoms with Gasteiger partial charge in [0.2, 0.25) is 0 Å². The number of nitrogens with one attached hydrogen (secondary N) is 1. The Morgan fingerprint density at radius 2 is 2.38 bits per heavy atom. The van der Waals surface area contributed by atoms with Gasteiger partial charge in [0, 0.05) is 37.4 Å². The van der Waals surface area contributed by atoms with E-state index in [2.05, 4.69) is 17.1 Å². The molecule has 0 spiro atoms. The summed E-state index contributed by atoms with van der Waals surface area (Å²) in [5, 5.41) is 12.9. The van der Waals surface area contributed by atoms with Gasteiger partial charge >= 0.3 is 0 Å². The first-order valence-corrected chi connectivity index (χ1v) is 5.48. The van der Waals surface area contributed by atoms with Crippen LogP contribution in [0.15, 0.2) is 18.2 Å². The van der Waals surface area contributed by atoms with E-state index in [1.807, 2.05) is 6.07 Å². The number of aromatic hydroxyl groups is 1. The van der Waals surface area contributed by atoms with E-state index in [0.29, 0.717) is 17.9 Å². The Labute approximate surface area is 94.9 Å². The van der Waals surface area contributed by atoms with E-state index in [4.69, 9.17) is 0 Å².